The smallest absolute Gasteiger partial charge is 0.0348 e. The largest absolute Gasteiger partial charge is 0.103 e. The Morgan fingerprint density at radius 3 is 1.58 bits per heavy atom. The molecule has 0 heterocycles. The lowest BCUT2D eigenvalue weighted by Crippen LogP contribution is -1.82. The topological polar surface area (TPSA) is 0 Å². The van der Waals surface area contributed by atoms with E-state index in [1.807, 2.05) is 6.08 Å². The first-order valence-electron chi connectivity index (χ1n) is 8.30. The Morgan fingerprint density at radius 2 is 1.11 bits per heavy atom. The summed E-state index contributed by atoms with van der Waals surface area (Å²) in [7, 11) is 0. The maximum atomic E-state index is 3.76. The molecule has 0 aromatic rings. The van der Waals surface area contributed by atoms with E-state index in [1.165, 1.54) is 77.0 Å². The van der Waals surface area contributed by atoms with Crippen molar-refractivity contribution in [3.63, 3.8) is 0 Å². The van der Waals surface area contributed by atoms with E-state index in [0.29, 0.717) is 0 Å². The van der Waals surface area contributed by atoms with Crippen LogP contribution in [0.15, 0.2) is 37.0 Å². The van der Waals surface area contributed by atoms with Gasteiger partial charge in [-0.2, -0.15) is 0 Å². The van der Waals surface area contributed by atoms with Crippen LogP contribution in [0.3, 0.4) is 0 Å². The molecule has 0 saturated heterocycles. The fourth-order valence-electron chi connectivity index (χ4n) is 2.25. The summed E-state index contributed by atoms with van der Waals surface area (Å²) in [5, 5.41) is 0. The number of hydrogen-bond donors (Lipinski definition) is 0. The van der Waals surface area contributed by atoms with Gasteiger partial charge in [0.25, 0.3) is 0 Å². The Labute approximate surface area is 121 Å². The maximum absolute atomic E-state index is 3.76. The van der Waals surface area contributed by atoms with Gasteiger partial charge in [-0.15, -0.1) is 6.58 Å². The average Bonchev–Trinajstić information content (AvgIpc) is 2.43. The zero-order valence-electron chi connectivity index (χ0n) is 13.1. The first-order chi connectivity index (χ1) is 9.41. The monoisotopic (exact) mass is 262 g/mol. The van der Waals surface area contributed by atoms with Gasteiger partial charge in [0.1, 0.15) is 0 Å². The van der Waals surface area contributed by atoms with E-state index in [2.05, 4.69) is 37.8 Å². The highest BCUT2D eigenvalue weighted by Crippen LogP contribution is 2.12. The first-order valence-corrected chi connectivity index (χ1v) is 8.30. The molecule has 0 unspecified atom stereocenters. The lowest BCUT2D eigenvalue weighted by atomic mass is 10.1. The molecular formula is C19H34. The number of unbranched alkanes of at least 4 members (excludes halogenated alkanes) is 11. The third-order valence-corrected chi connectivity index (χ3v) is 3.47. The van der Waals surface area contributed by atoms with Gasteiger partial charge in [0.2, 0.25) is 0 Å². The van der Waals surface area contributed by atoms with Crippen LogP contribution in [0.25, 0.3) is 0 Å². The Hall–Kier alpha value is -0.780. The number of hydrogen-bond acceptors (Lipinski definition) is 0. The van der Waals surface area contributed by atoms with Gasteiger partial charge in [-0.25, -0.2) is 0 Å². The molecule has 0 aliphatic heterocycles. The van der Waals surface area contributed by atoms with E-state index in [1.54, 1.807) is 0 Å². The minimum Gasteiger partial charge on any atom is -0.103 e. The summed E-state index contributed by atoms with van der Waals surface area (Å²) >= 11 is 0. The van der Waals surface area contributed by atoms with E-state index in [-0.39, 0.29) is 0 Å². The first kappa shape index (κ1) is 18.2. The Kier molecular flexibility index (Phi) is 16.5. The SMILES string of the molecule is C=CCCCCCCCCCCCCC=CC=CC. The van der Waals surface area contributed by atoms with Crippen LogP contribution in [0.5, 0.6) is 0 Å². The third-order valence-electron chi connectivity index (χ3n) is 3.47. The molecule has 0 saturated carbocycles. The number of allylic oxidation sites excluding steroid dienone is 5. The molecule has 0 N–H and O–H groups in total. The third kappa shape index (κ3) is 17.2. The number of rotatable bonds is 14. The second kappa shape index (κ2) is 17.2. The van der Waals surface area contributed by atoms with Crippen molar-refractivity contribution >= 4 is 0 Å². The normalized spacial score (nSPS) is 11.6. The van der Waals surface area contributed by atoms with E-state index < -0.39 is 0 Å². The van der Waals surface area contributed by atoms with Gasteiger partial charge in [0, 0.05) is 0 Å². The minimum atomic E-state index is 1.20. The van der Waals surface area contributed by atoms with Crippen molar-refractivity contribution in [2.24, 2.45) is 0 Å². The van der Waals surface area contributed by atoms with Gasteiger partial charge in [-0.05, 0) is 32.6 Å². The highest BCUT2D eigenvalue weighted by atomic mass is 14.0. The van der Waals surface area contributed by atoms with Crippen molar-refractivity contribution in [3.8, 4) is 0 Å². The zero-order chi connectivity index (χ0) is 14.0. The summed E-state index contributed by atoms with van der Waals surface area (Å²) < 4.78 is 0. The fourth-order valence-corrected chi connectivity index (χ4v) is 2.25. The lowest BCUT2D eigenvalue weighted by Gasteiger charge is -2.01. The molecule has 0 aliphatic rings. The summed E-state index contributed by atoms with van der Waals surface area (Å²) in [5.41, 5.74) is 0. The van der Waals surface area contributed by atoms with Crippen LogP contribution in [0, 0.1) is 0 Å². The highest BCUT2D eigenvalue weighted by molar-refractivity contribution is 5.00. The highest BCUT2D eigenvalue weighted by Gasteiger charge is 1.92. The standard InChI is InChI=1S/C19H34/c1-3-5-7-9-11-13-15-17-19-18-16-14-12-10-8-6-4-2/h3-4,6,8,10H,1,5,7,9,11-19H2,2H3. The molecule has 0 amide bonds. The van der Waals surface area contributed by atoms with Crippen molar-refractivity contribution in [1.82, 2.24) is 0 Å². The molecule has 0 nitrogen and oxygen atoms in total. The summed E-state index contributed by atoms with van der Waals surface area (Å²) in [4.78, 5) is 0. The van der Waals surface area contributed by atoms with Gasteiger partial charge in [-0.1, -0.05) is 81.7 Å². The molecule has 0 aliphatic carbocycles. The molecule has 19 heavy (non-hydrogen) atoms. The van der Waals surface area contributed by atoms with Gasteiger partial charge >= 0.3 is 0 Å². The second-order valence-electron chi connectivity index (χ2n) is 5.36. The molecule has 110 valence electrons. The van der Waals surface area contributed by atoms with Crippen molar-refractivity contribution in [3.05, 3.63) is 37.0 Å². The molecule has 0 atom stereocenters. The molecule has 0 aromatic carbocycles. The van der Waals surface area contributed by atoms with Gasteiger partial charge < -0.3 is 0 Å². The second-order valence-corrected chi connectivity index (χ2v) is 5.36. The molecule has 0 rings (SSSR count). The predicted molar refractivity (Wildman–Crippen MR) is 89.6 cm³/mol. The van der Waals surface area contributed by atoms with Crippen molar-refractivity contribution in [2.75, 3.05) is 0 Å². The maximum Gasteiger partial charge on any atom is -0.0348 e. The van der Waals surface area contributed by atoms with Gasteiger partial charge in [0.15, 0.2) is 0 Å². The lowest BCUT2D eigenvalue weighted by molar-refractivity contribution is 0.553. The molecule has 0 bridgehead atoms. The molecule has 0 radical (unpaired) electrons. The summed E-state index contributed by atoms with van der Waals surface area (Å²) in [6.45, 7) is 5.82. The van der Waals surface area contributed by atoms with Gasteiger partial charge in [0.05, 0.1) is 0 Å². The quantitative estimate of drug-likeness (QED) is 0.180. The van der Waals surface area contributed by atoms with Crippen LogP contribution >= 0.6 is 0 Å². The van der Waals surface area contributed by atoms with Crippen molar-refractivity contribution < 1.29 is 0 Å². The van der Waals surface area contributed by atoms with Gasteiger partial charge in [-0.3, -0.25) is 0 Å². The summed E-state index contributed by atoms with van der Waals surface area (Å²) in [6.07, 6.45) is 27.2. The van der Waals surface area contributed by atoms with E-state index in [4.69, 9.17) is 0 Å². The van der Waals surface area contributed by atoms with Crippen LogP contribution in [-0.2, 0) is 0 Å². The molecule has 0 heteroatoms. The Balaban J connectivity index is 3.00. The Bertz CT molecular complexity index is 222. The Morgan fingerprint density at radius 1 is 0.632 bits per heavy atom. The average molecular weight is 262 g/mol. The molecule has 0 fully saturated rings. The summed E-state index contributed by atoms with van der Waals surface area (Å²) in [6, 6.07) is 0. The summed E-state index contributed by atoms with van der Waals surface area (Å²) in [5.74, 6) is 0. The molecular weight excluding hydrogens is 228 g/mol. The van der Waals surface area contributed by atoms with E-state index in [0.717, 1.165) is 0 Å². The van der Waals surface area contributed by atoms with Crippen molar-refractivity contribution in [1.29, 1.82) is 0 Å². The van der Waals surface area contributed by atoms with Crippen LogP contribution in [0.1, 0.15) is 84.0 Å². The van der Waals surface area contributed by atoms with Crippen LogP contribution in [0.2, 0.25) is 0 Å². The molecule has 0 spiro atoms. The van der Waals surface area contributed by atoms with E-state index >= 15 is 0 Å². The van der Waals surface area contributed by atoms with Crippen LogP contribution in [-0.4, -0.2) is 0 Å². The zero-order valence-corrected chi connectivity index (χ0v) is 13.1. The predicted octanol–water partition coefficient (Wildman–Crippen LogP) is 6.99. The fraction of sp³-hybridized carbons (Fsp3) is 0.684. The van der Waals surface area contributed by atoms with E-state index in [9.17, 15) is 0 Å². The minimum absolute atomic E-state index is 1.20. The molecule has 0 aromatic heterocycles. The van der Waals surface area contributed by atoms with Crippen LogP contribution in [0.4, 0.5) is 0 Å². The van der Waals surface area contributed by atoms with Crippen molar-refractivity contribution in [2.45, 2.75) is 84.0 Å². The van der Waals surface area contributed by atoms with Crippen LogP contribution < -0.4 is 0 Å².